The summed E-state index contributed by atoms with van der Waals surface area (Å²) in [5.74, 6) is 0.581. The van der Waals surface area contributed by atoms with Crippen LogP contribution in [0.2, 0.25) is 15.1 Å². The van der Waals surface area contributed by atoms with Crippen molar-refractivity contribution in [2.75, 3.05) is 37.6 Å². The monoisotopic (exact) mass is 456 g/mol. The van der Waals surface area contributed by atoms with Crippen molar-refractivity contribution in [2.24, 2.45) is 5.92 Å². The van der Waals surface area contributed by atoms with E-state index in [0.717, 1.165) is 70.0 Å². The minimum atomic E-state index is -0.143. The van der Waals surface area contributed by atoms with E-state index < -0.39 is 0 Å². The Kier molecular flexibility index (Phi) is 8.32. The van der Waals surface area contributed by atoms with Gasteiger partial charge in [0.15, 0.2) is 0 Å². The minimum absolute atomic E-state index is 0.0423. The average Bonchev–Trinajstić information content (AvgIpc) is 2.72. The van der Waals surface area contributed by atoms with Crippen molar-refractivity contribution in [3.8, 4) is 6.07 Å². The van der Waals surface area contributed by atoms with E-state index in [9.17, 15) is 4.79 Å². The van der Waals surface area contributed by atoms with Gasteiger partial charge in [-0.3, -0.25) is 9.69 Å². The average molecular weight is 458 g/mol. The molecule has 0 spiro atoms. The van der Waals surface area contributed by atoms with E-state index in [1.807, 2.05) is 12.1 Å². The number of piperazine rings is 1. The zero-order valence-electron chi connectivity index (χ0n) is 16.5. The molecule has 2 fully saturated rings. The lowest BCUT2D eigenvalue weighted by Gasteiger charge is -2.37. The molecule has 1 aromatic carbocycles. The summed E-state index contributed by atoms with van der Waals surface area (Å²) in [4.78, 5) is 16.3. The second-order valence-electron chi connectivity index (χ2n) is 7.93. The lowest BCUT2D eigenvalue weighted by atomic mass is 9.84. The molecule has 1 aliphatic carbocycles. The topological polar surface area (TPSA) is 59.4 Å². The highest BCUT2D eigenvalue weighted by atomic mass is 35.5. The van der Waals surface area contributed by atoms with E-state index in [2.05, 4.69) is 15.1 Å². The van der Waals surface area contributed by atoms with E-state index in [4.69, 9.17) is 40.1 Å². The van der Waals surface area contributed by atoms with Crippen molar-refractivity contribution < 1.29 is 4.79 Å². The lowest BCUT2D eigenvalue weighted by molar-refractivity contribution is -0.121. The van der Waals surface area contributed by atoms with Crippen LogP contribution in [0.15, 0.2) is 12.1 Å². The van der Waals surface area contributed by atoms with Crippen molar-refractivity contribution >= 4 is 46.4 Å². The van der Waals surface area contributed by atoms with Gasteiger partial charge in [-0.25, -0.2) is 0 Å². The highest BCUT2D eigenvalue weighted by Gasteiger charge is 2.24. The van der Waals surface area contributed by atoms with Crippen LogP contribution in [-0.4, -0.2) is 49.6 Å². The molecule has 1 saturated heterocycles. The van der Waals surface area contributed by atoms with Gasteiger partial charge in [0.2, 0.25) is 5.91 Å². The van der Waals surface area contributed by atoms with Crippen LogP contribution in [-0.2, 0) is 4.79 Å². The molecule has 1 heterocycles. The lowest BCUT2D eigenvalue weighted by Crippen LogP contribution is -2.47. The van der Waals surface area contributed by atoms with Crippen LogP contribution in [0.1, 0.15) is 38.5 Å². The van der Waals surface area contributed by atoms with Crippen molar-refractivity contribution in [3.63, 3.8) is 0 Å². The number of nitrogens with one attached hydrogen (secondary N) is 1. The molecule has 0 unspecified atom stereocenters. The molecule has 8 heteroatoms. The van der Waals surface area contributed by atoms with Gasteiger partial charge in [0.1, 0.15) is 6.42 Å². The molecule has 3 rings (SSSR count). The van der Waals surface area contributed by atoms with Gasteiger partial charge in [0, 0.05) is 32.2 Å². The van der Waals surface area contributed by atoms with Gasteiger partial charge in [0.05, 0.1) is 26.8 Å². The Morgan fingerprint density at radius 1 is 1.07 bits per heavy atom. The second-order valence-corrected chi connectivity index (χ2v) is 9.10. The van der Waals surface area contributed by atoms with E-state index in [-0.39, 0.29) is 18.4 Å². The van der Waals surface area contributed by atoms with Gasteiger partial charge in [-0.1, -0.05) is 34.8 Å². The number of anilines is 1. The molecule has 5 nitrogen and oxygen atoms in total. The van der Waals surface area contributed by atoms with Crippen molar-refractivity contribution in [1.29, 1.82) is 5.26 Å². The number of nitriles is 1. The maximum atomic E-state index is 11.5. The Balaban J connectivity index is 1.37. The predicted molar refractivity (Wildman–Crippen MR) is 119 cm³/mol. The van der Waals surface area contributed by atoms with Crippen LogP contribution < -0.4 is 10.2 Å². The molecule has 1 saturated carbocycles. The second kappa shape index (κ2) is 10.7. The van der Waals surface area contributed by atoms with Gasteiger partial charge in [-0.15, -0.1) is 0 Å². The number of hydrogen-bond acceptors (Lipinski definition) is 4. The first-order valence-electron chi connectivity index (χ1n) is 10.2. The number of rotatable bonds is 6. The highest BCUT2D eigenvalue weighted by molar-refractivity contribution is 6.49. The highest BCUT2D eigenvalue weighted by Crippen LogP contribution is 2.38. The SMILES string of the molecule is N#CCC(=O)NC1CCC(CCN2CCN(c3ccc(Cl)c(Cl)c3Cl)CC2)CC1. The van der Waals surface area contributed by atoms with Gasteiger partial charge in [-0.05, 0) is 56.7 Å². The summed E-state index contributed by atoms with van der Waals surface area (Å²) in [6, 6.07) is 5.89. The molecule has 1 aliphatic heterocycles. The van der Waals surface area contributed by atoms with Crippen LogP contribution in [0.25, 0.3) is 0 Å². The van der Waals surface area contributed by atoms with Gasteiger partial charge >= 0.3 is 0 Å². The number of benzene rings is 1. The third-order valence-electron chi connectivity index (χ3n) is 6.03. The Morgan fingerprint density at radius 2 is 1.76 bits per heavy atom. The van der Waals surface area contributed by atoms with E-state index >= 15 is 0 Å². The summed E-state index contributed by atoms with van der Waals surface area (Å²) in [7, 11) is 0. The molecular formula is C21H27Cl3N4O. The number of nitrogens with zero attached hydrogens (tertiary/aromatic N) is 3. The van der Waals surface area contributed by atoms with Crippen LogP contribution in [0.4, 0.5) is 5.69 Å². The summed E-state index contributed by atoms with van der Waals surface area (Å²) < 4.78 is 0. The standard InChI is InChI=1S/C21H27Cl3N4O/c22-17-5-6-18(21(24)20(17)23)28-13-11-27(12-14-28)10-8-15-1-3-16(4-2-15)26-19(29)7-9-25/h5-6,15-16H,1-4,7-8,10-14H2,(H,26,29). The molecule has 2 aliphatic rings. The first kappa shape index (κ1) is 22.5. The summed E-state index contributed by atoms with van der Waals surface area (Å²) in [6.07, 6.45) is 5.50. The van der Waals surface area contributed by atoms with Crippen LogP contribution >= 0.6 is 34.8 Å². The van der Waals surface area contributed by atoms with Gasteiger partial charge < -0.3 is 10.2 Å². The van der Waals surface area contributed by atoms with Crippen molar-refractivity contribution in [1.82, 2.24) is 10.2 Å². The number of halogens is 3. The van der Waals surface area contributed by atoms with Crippen molar-refractivity contribution in [3.05, 3.63) is 27.2 Å². The third-order valence-corrected chi connectivity index (χ3v) is 7.32. The number of hydrogen-bond donors (Lipinski definition) is 1. The summed E-state index contributed by atoms with van der Waals surface area (Å²) >= 11 is 18.6. The smallest absolute Gasteiger partial charge is 0.234 e. The number of amides is 1. The molecule has 29 heavy (non-hydrogen) atoms. The van der Waals surface area contributed by atoms with Crippen LogP contribution in [0.5, 0.6) is 0 Å². The van der Waals surface area contributed by atoms with E-state index in [0.29, 0.717) is 15.1 Å². The maximum Gasteiger partial charge on any atom is 0.234 e. The minimum Gasteiger partial charge on any atom is -0.368 e. The molecule has 0 aromatic heterocycles. The zero-order valence-corrected chi connectivity index (χ0v) is 18.7. The zero-order chi connectivity index (χ0) is 20.8. The molecular weight excluding hydrogens is 431 g/mol. The fourth-order valence-corrected chi connectivity index (χ4v) is 4.93. The fraction of sp³-hybridized carbons (Fsp3) is 0.619. The Morgan fingerprint density at radius 3 is 2.41 bits per heavy atom. The van der Waals surface area contributed by atoms with E-state index in [1.54, 1.807) is 6.07 Å². The first-order chi connectivity index (χ1) is 14.0. The molecule has 0 atom stereocenters. The third kappa shape index (κ3) is 6.15. The van der Waals surface area contributed by atoms with Crippen LogP contribution in [0, 0.1) is 17.2 Å². The Bertz CT molecular complexity index is 751. The van der Waals surface area contributed by atoms with Gasteiger partial charge in [-0.2, -0.15) is 5.26 Å². The molecule has 1 amide bonds. The largest absolute Gasteiger partial charge is 0.368 e. The Hall–Kier alpha value is -1.19. The quantitative estimate of drug-likeness (QED) is 0.626. The first-order valence-corrected chi connectivity index (χ1v) is 11.4. The normalized spacial score (nSPS) is 22.9. The van der Waals surface area contributed by atoms with Crippen LogP contribution in [0.3, 0.4) is 0 Å². The molecule has 158 valence electrons. The number of carbonyl (C=O) groups excluding carboxylic acids is 1. The fourth-order valence-electron chi connectivity index (χ4n) is 4.28. The number of carbonyl (C=O) groups is 1. The van der Waals surface area contributed by atoms with Crippen molar-refractivity contribution in [2.45, 2.75) is 44.6 Å². The molecule has 0 radical (unpaired) electrons. The summed E-state index contributed by atoms with van der Waals surface area (Å²) in [5.41, 5.74) is 0.956. The van der Waals surface area contributed by atoms with E-state index in [1.165, 1.54) is 6.42 Å². The predicted octanol–water partition coefficient (Wildman–Crippen LogP) is 4.75. The summed E-state index contributed by atoms with van der Waals surface area (Å²) in [6.45, 7) is 4.98. The molecule has 0 bridgehead atoms. The summed E-state index contributed by atoms with van der Waals surface area (Å²) in [5, 5.41) is 13.0. The van der Waals surface area contributed by atoms with Gasteiger partial charge in [0.25, 0.3) is 0 Å². The molecule has 1 N–H and O–H groups in total. The Labute approximate surface area is 187 Å². The molecule has 1 aromatic rings. The maximum absolute atomic E-state index is 11.5.